The van der Waals surface area contributed by atoms with Crippen molar-refractivity contribution in [2.45, 2.75) is 67.8 Å². The number of anilines is 4. The summed E-state index contributed by atoms with van der Waals surface area (Å²) in [5.41, 5.74) is 5.13. The van der Waals surface area contributed by atoms with Gasteiger partial charge in [-0.25, -0.2) is 0 Å². The number of unbranched alkanes of at least 4 members (excludes halogenated alkanes) is 1. The number of nitrogens with zero attached hydrogens (tertiary/aromatic N) is 2. The molecule has 30 heavy (non-hydrogen) atoms. The summed E-state index contributed by atoms with van der Waals surface area (Å²) in [5.74, 6) is 0.855. The van der Waals surface area contributed by atoms with Gasteiger partial charge in [-0.05, 0) is 0 Å². The predicted molar refractivity (Wildman–Crippen MR) is 131 cm³/mol. The first kappa shape index (κ1) is 22.9. The molecule has 2 N–H and O–H groups in total. The summed E-state index contributed by atoms with van der Waals surface area (Å²) >= 11 is -2.43. The van der Waals surface area contributed by atoms with Crippen molar-refractivity contribution in [1.82, 2.24) is 4.98 Å². The van der Waals surface area contributed by atoms with Crippen LogP contribution in [-0.2, 0) is 4.79 Å². The van der Waals surface area contributed by atoms with E-state index in [1.54, 1.807) is 0 Å². The molecule has 1 aromatic heterocycles. The van der Waals surface area contributed by atoms with Crippen molar-refractivity contribution in [2.24, 2.45) is 0 Å². The third kappa shape index (κ3) is 5.10. The molecular formula is C24H36N4OSn. The average molecular weight is 515 g/mol. The predicted octanol–water partition coefficient (Wildman–Crippen LogP) is 5.32. The molecular weight excluding hydrogens is 479 g/mol. The number of hydrogen-bond donors (Lipinski definition) is 2. The molecule has 1 amide bonds. The molecule has 0 spiro atoms. The van der Waals surface area contributed by atoms with Crippen LogP contribution in [0.2, 0.25) is 14.8 Å². The van der Waals surface area contributed by atoms with Gasteiger partial charge in [-0.15, -0.1) is 0 Å². The van der Waals surface area contributed by atoms with Crippen molar-refractivity contribution in [3.63, 3.8) is 0 Å². The van der Waals surface area contributed by atoms with Crippen LogP contribution in [0.3, 0.4) is 0 Å². The van der Waals surface area contributed by atoms with Crippen LogP contribution in [0.25, 0.3) is 0 Å². The zero-order valence-electron chi connectivity index (χ0n) is 19.5. The van der Waals surface area contributed by atoms with Gasteiger partial charge < -0.3 is 0 Å². The summed E-state index contributed by atoms with van der Waals surface area (Å²) in [6.07, 6.45) is 3.47. The molecule has 0 bridgehead atoms. The maximum absolute atomic E-state index is 12.7. The van der Waals surface area contributed by atoms with E-state index in [9.17, 15) is 4.79 Å². The Morgan fingerprint density at radius 1 is 1.23 bits per heavy atom. The molecule has 2 aromatic rings. The number of nitrogens with one attached hydrogen (secondary N) is 2. The molecule has 1 aliphatic heterocycles. The Kier molecular flexibility index (Phi) is 7.00. The van der Waals surface area contributed by atoms with Gasteiger partial charge in [0.1, 0.15) is 0 Å². The zero-order chi connectivity index (χ0) is 22.1. The fourth-order valence-corrected chi connectivity index (χ4v) is 8.72. The van der Waals surface area contributed by atoms with Crippen molar-refractivity contribution >= 4 is 50.7 Å². The number of hydrogen-bond acceptors (Lipinski definition) is 4. The van der Waals surface area contributed by atoms with Gasteiger partial charge in [0.15, 0.2) is 0 Å². The normalized spacial score (nSPS) is 14.9. The molecule has 0 saturated heterocycles. The first-order chi connectivity index (χ1) is 14.1. The van der Waals surface area contributed by atoms with Gasteiger partial charge in [-0.1, -0.05) is 0 Å². The number of carbonyl (C=O) groups excluding carboxylic acids is 1. The molecule has 0 radical (unpaired) electrons. The van der Waals surface area contributed by atoms with Crippen molar-refractivity contribution < 1.29 is 4.79 Å². The Balaban J connectivity index is 2.10. The third-order valence-corrected chi connectivity index (χ3v) is 11.3. The number of aryl methyl sites for hydroxylation is 2. The van der Waals surface area contributed by atoms with E-state index in [2.05, 4.69) is 69.3 Å². The van der Waals surface area contributed by atoms with E-state index in [-0.39, 0.29) is 5.91 Å². The monoisotopic (exact) mass is 516 g/mol. The van der Waals surface area contributed by atoms with E-state index >= 15 is 0 Å². The molecule has 1 aromatic carbocycles. The van der Waals surface area contributed by atoms with Crippen molar-refractivity contribution in [3.8, 4) is 0 Å². The number of benzene rings is 1. The fourth-order valence-electron chi connectivity index (χ4n) is 4.02. The molecule has 2 heterocycles. The fraction of sp³-hybridized carbons (Fsp3) is 0.500. The van der Waals surface area contributed by atoms with Crippen LogP contribution in [0, 0.1) is 13.8 Å². The molecule has 6 heteroatoms. The SMILES string of the molecule is CCCCC(C)Nc1cc(C)nc2c1NC(=O)CN2c1ccc(C)c[c]1[Sn]([CH3])([CH3])[CH3]. The van der Waals surface area contributed by atoms with Crippen LogP contribution in [0.1, 0.15) is 44.4 Å². The quantitative estimate of drug-likeness (QED) is 0.490. The average Bonchev–Trinajstić information content (AvgIpc) is 2.66. The third-order valence-electron chi connectivity index (χ3n) is 5.59. The number of fused-ring (bicyclic) bond motifs is 1. The second kappa shape index (κ2) is 9.16. The number of aromatic nitrogens is 1. The zero-order valence-corrected chi connectivity index (χ0v) is 22.4. The van der Waals surface area contributed by atoms with Crippen molar-refractivity contribution in [2.75, 3.05) is 22.1 Å². The molecule has 0 aliphatic carbocycles. The first-order valence-corrected chi connectivity index (χ1v) is 21.1. The number of pyridine rings is 1. The van der Waals surface area contributed by atoms with Gasteiger partial charge in [-0.3, -0.25) is 0 Å². The van der Waals surface area contributed by atoms with E-state index in [1.807, 2.05) is 13.0 Å². The molecule has 3 rings (SSSR count). The van der Waals surface area contributed by atoms with E-state index < -0.39 is 18.4 Å². The molecule has 0 saturated carbocycles. The Labute approximate surface area is 185 Å². The van der Waals surface area contributed by atoms with Crippen LogP contribution in [0.4, 0.5) is 22.9 Å². The summed E-state index contributed by atoms with van der Waals surface area (Å²) < 4.78 is 1.43. The van der Waals surface area contributed by atoms with Crippen molar-refractivity contribution in [1.29, 1.82) is 0 Å². The summed E-state index contributed by atoms with van der Waals surface area (Å²) in [4.78, 5) is 27.0. The van der Waals surface area contributed by atoms with Crippen LogP contribution in [-0.4, -0.2) is 41.9 Å². The number of carbonyl (C=O) groups is 1. The first-order valence-electron chi connectivity index (χ1n) is 11.1. The van der Waals surface area contributed by atoms with E-state index in [0.29, 0.717) is 12.6 Å². The summed E-state index contributed by atoms with van der Waals surface area (Å²) in [5, 5.41) is 6.72. The van der Waals surface area contributed by atoms with Crippen LogP contribution in [0.15, 0.2) is 24.3 Å². The molecule has 0 fully saturated rings. The van der Waals surface area contributed by atoms with Gasteiger partial charge in [0.05, 0.1) is 0 Å². The maximum atomic E-state index is 12.7. The van der Waals surface area contributed by atoms with Crippen LogP contribution >= 0.6 is 0 Å². The van der Waals surface area contributed by atoms with Crippen LogP contribution in [0.5, 0.6) is 0 Å². The topological polar surface area (TPSA) is 57.3 Å². The van der Waals surface area contributed by atoms with Gasteiger partial charge in [-0.2, -0.15) is 0 Å². The van der Waals surface area contributed by atoms with E-state index in [4.69, 9.17) is 4.98 Å². The summed E-state index contributed by atoms with van der Waals surface area (Å²) in [6.45, 7) is 8.88. The molecule has 1 aliphatic rings. The molecule has 162 valence electrons. The van der Waals surface area contributed by atoms with Crippen LogP contribution < -0.4 is 19.1 Å². The minimum absolute atomic E-state index is 0.00745. The molecule has 1 atom stereocenters. The Morgan fingerprint density at radius 2 is 1.97 bits per heavy atom. The Morgan fingerprint density at radius 3 is 2.63 bits per heavy atom. The Bertz CT molecular complexity index is 936. The second-order valence-electron chi connectivity index (χ2n) is 9.60. The van der Waals surface area contributed by atoms with Gasteiger partial charge in [0.2, 0.25) is 0 Å². The van der Waals surface area contributed by atoms with Crippen molar-refractivity contribution in [3.05, 3.63) is 35.5 Å². The number of rotatable bonds is 7. The van der Waals surface area contributed by atoms with E-state index in [1.165, 1.54) is 22.0 Å². The minimum atomic E-state index is -2.43. The van der Waals surface area contributed by atoms with Gasteiger partial charge in [0.25, 0.3) is 0 Å². The standard InChI is InChI=1S/C21H27N4O.3CH3.Sn/c1-5-6-7-15(3)22-18-12-16(4)23-21-20(18)24-19(26)13-25(21)17-10-8-14(2)9-11-17;;;;/h8-10,12,15H,5-7,13H2,1-4H3,(H,22,23)(H,24,26);3*1H3;. The summed E-state index contributed by atoms with van der Waals surface area (Å²) in [6, 6.07) is 9.02. The molecule has 5 nitrogen and oxygen atoms in total. The second-order valence-corrected chi connectivity index (χ2v) is 24.0. The number of amides is 1. The van der Waals surface area contributed by atoms with Gasteiger partial charge in [0, 0.05) is 0 Å². The van der Waals surface area contributed by atoms with Gasteiger partial charge >= 0.3 is 186 Å². The molecule has 1 unspecified atom stereocenters. The van der Waals surface area contributed by atoms with E-state index in [0.717, 1.165) is 35.0 Å². The Hall–Kier alpha value is -1.76. The summed E-state index contributed by atoms with van der Waals surface area (Å²) in [7, 11) is 0.